The van der Waals surface area contributed by atoms with Crippen LogP contribution in [0.3, 0.4) is 0 Å². The van der Waals surface area contributed by atoms with E-state index in [1.165, 1.54) is 19.2 Å². The average Bonchev–Trinajstić information content (AvgIpc) is 2.14. The Bertz CT molecular complexity index is 361. The molecule has 2 N–H and O–H groups in total. The number of hydrogen-bond donors (Lipinski definition) is 2. The van der Waals surface area contributed by atoms with Gasteiger partial charge in [-0.15, -0.1) is 0 Å². The number of rotatable bonds is 3. The van der Waals surface area contributed by atoms with Gasteiger partial charge in [0.1, 0.15) is 11.5 Å². The number of phenolic OH excluding ortho intramolecular Hbond substituents is 1. The monoisotopic (exact) mass is 209 g/mol. The first-order chi connectivity index (χ1) is 7.02. The number of amides is 1. The van der Waals surface area contributed by atoms with E-state index in [4.69, 9.17) is 4.74 Å². The molecule has 0 bridgehead atoms. The largest absolute Gasteiger partial charge is 0.508 e. The Kier molecular flexibility index (Phi) is 3.55. The van der Waals surface area contributed by atoms with Gasteiger partial charge in [0.05, 0.1) is 6.10 Å². The Labute approximate surface area is 88.9 Å². The number of ether oxygens (including phenoxy) is 1. The number of hydrogen-bond acceptors (Lipinski definition) is 3. The van der Waals surface area contributed by atoms with Crippen LogP contribution in [-0.4, -0.2) is 24.2 Å². The van der Waals surface area contributed by atoms with Crippen LogP contribution in [0.1, 0.15) is 24.2 Å². The van der Waals surface area contributed by atoms with Gasteiger partial charge in [0.25, 0.3) is 5.91 Å². The Morgan fingerprint density at radius 2 is 2.07 bits per heavy atom. The van der Waals surface area contributed by atoms with E-state index in [1.807, 2.05) is 13.8 Å². The fourth-order valence-electron chi connectivity index (χ4n) is 1.20. The van der Waals surface area contributed by atoms with E-state index < -0.39 is 0 Å². The van der Waals surface area contributed by atoms with E-state index in [-0.39, 0.29) is 17.8 Å². The summed E-state index contributed by atoms with van der Waals surface area (Å²) in [6, 6.07) is 4.47. The molecule has 0 aliphatic heterocycles. The number of nitrogens with one attached hydrogen (secondary N) is 1. The van der Waals surface area contributed by atoms with E-state index in [1.54, 1.807) is 6.07 Å². The van der Waals surface area contributed by atoms with Crippen molar-refractivity contribution >= 4 is 5.91 Å². The number of carbonyl (C=O) groups excluding carboxylic acids is 1. The third kappa shape index (κ3) is 3.16. The molecule has 0 radical (unpaired) electrons. The molecule has 0 heterocycles. The zero-order valence-corrected chi connectivity index (χ0v) is 9.07. The van der Waals surface area contributed by atoms with Gasteiger partial charge in [-0.3, -0.25) is 4.79 Å². The van der Waals surface area contributed by atoms with E-state index in [9.17, 15) is 9.90 Å². The molecule has 0 aliphatic carbocycles. The van der Waals surface area contributed by atoms with E-state index >= 15 is 0 Å². The Hall–Kier alpha value is -1.71. The lowest BCUT2D eigenvalue weighted by atomic mass is 10.2. The minimum absolute atomic E-state index is 0.00402. The standard InChI is InChI=1S/C11H15NO3/c1-7(2)15-10-5-8(11(14)12-3)4-9(13)6-10/h4-7,13H,1-3H3,(H,12,14). The highest BCUT2D eigenvalue weighted by Crippen LogP contribution is 2.22. The van der Waals surface area contributed by atoms with Crippen LogP contribution in [0.2, 0.25) is 0 Å². The number of benzene rings is 1. The van der Waals surface area contributed by atoms with Crippen LogP contribution in [0, 0.1) is 0 Å². The van der Waals surface area contributed by atoms with Crippen molar-refractivity contribution < 1.29 is 14.6 Å². The molecule has 0 spiro atoms. The molecule has 82 valence electrons. The molecular formula is C11H15NO3. The molecule has 4 nitrogen and oxygen atoms in total. The normalized spacial score (nSPS) is 10.1. The van der Waals surface area contributed by atoms with Crippen LogP contribution in [0.5, 0.6) is 11.5 Å². The second kappa shape index (κ2) is 4.68. The van der Waals surface area contributed by atoms with Gasteiger partial charge >= 0.3 is 0 Å². The Morgan fingerprint density at radius 3 is 2.60 bits per heavy atom. The summed E-state index contributed by atoms with van der Waals surface area (Å²) in [5.74, 6) is 0.259. The minimum Gasteiger partial charge on any atom is -0.508 e. The van der Waals surface area contributed by atoms with Crippen molar-refractivity contribution in [2.75, 3.05) is 7.05 Å². The second-order valence-corrected chi connectivity index (χ2v) is 3.46. The molecule has 0 fully saturated rings. The summed E-state index contributed by atoms with van der Waals surface area (Å²) < 4.78 is 5.39. The zero-order valence-electron chi connectivity index (χ0n) is 9.07. The molecule has 4 heteroatoms. The lowest BCUT2D eigenvalue weighted by molar-refractivity contribution is 0.0962. The quantitative estimate of drug-likeness (QED) is 0.793. The summed E-state index contributed by atoms with van der Waals surface area (Å²) in [6.45, 7) is 3.76. The average molecular weight is 209 g/mol. The molecular weight excluding hydrogens is 194 g/mol. The van der Waals surface area contributed by atoms with Gasteiger partial charge in [0.2, 0.25) is 0 Å². The van der Waals surface area contributed by atoms with Crippen molar-refractivity contribution in [1.29, 1.82) is 0 Å². The van der Waals surface area contributed by atoms with E-state index in [0.29, 0.717) is 11.3 Å². The molecule has 0 saturated carbocycles. The van der Waals surface area contributed by atoms with Gasteiger partial charge in [-0.25, -0.2) is 0 Å². The fourth-order valence-corrected chi connectivity index (χ4v) is 1.20. The summed E-state index contributed by atoms with van der Waals surface area (Å²) in [4.78, 5) is 11.3. The lowest BCUT2D eigenvalue weighted by Gasteiger charge is -2.11. The van der Waals surface area contributed by atoms with Crippen LogP contribution in [-0.2, 0) is 0 Å². The zero-order chi connectivity index (χ0) is 11.4. The molecule has 0 unspecified atom stereocenters. The molecule has 1 aromatic rings. The first-order valence-corrected chi connectivity index (χ1v) is 4.75. The summed E-state index contributed by atoms with van der Waals surface area (Å²) in [5.41, 5.74) is 0.383. The third-order valence-corrected chi connectivity index (χ3v) is 1.75. The highest BCUT2D eigenvalue weighted by atomic mass is 16.5. The Morgan fingerprint density at radius 1 is 1.40 bits per heavy atom. The molecule has 0 aliphatic rings. The van der Waals surface area contributed by atoms with Crippen LogP contribution >= 0.6 is 0 Å². The molecule has 0 aromatic heterocycles. The smallest absolute Gasteiger partial charge is 0.251 e. The first-order valence-electron chi connectivity index (χ1n) is 4.75. The maximum atomic E-state index is 11.3. The molecule has 1 amide bonds. The van der Waals surface area contributed by atoms with Crippen LogP contribution < -0.4 is 10.1 Å². The van der Waals surface area contributed by atoms with Crippen LogP contribution in [0.25, 0.3) is 0 Å². The molecule has 15 heavy (non-hydrogen) atoms. The number of carbonyl (C=O) groups is 1. The van der Waals surface area contributed by atoms with Gasteiger partial charge in [-0.2, -0.15) is 0 Å². The molecule has 1 aromatic carbocycles. The topological polar surface area (TPSA) is 58.6 Å². The van der Waals surface area contributed by atoms with Crippen molar-refractivity contribution in [3.05, 3.63) is 23.8 Å². The summed E-state index contributed by atoms with van der Waals surface area (Å²) in [7, 11) is 1.54. The third-order valence-electron chi connectivity index (χ3n) is 1.75. The van der Waals surface area contributed by atoms with Crippen molar-refractivity contribution in [2.45, 2.75) is 20.0 Å². The van der Waals surface area contributed by atoms with Crippen molar-refractivity contribution in [3.63, 3.8) is 0 Å². The summed E-state index contributed by atoms with van der Waals surface area (Å²) in [6.07, 6.45) is 0.00402. The van der Waals surface area contributed by atoms with Crippen molar-refractivity contribution in [2.24, 2.45) is 0 Å². The number of aromatic hydroxyl groups is 1. The minimum atomic E-state index is -0.250. The molecule has 1 rings (SSSR count). The highest BCUT2D eigenvalue weighted by molar-refractivity contribution is 5.94. The fraction of sp³-hybridized carbons (Fsp3) is 0.364. The predicted octanol–water partition coefficient (Wildman–Crippen LogP) is 1.54. The maximum Gasteiger partial charge on any atom is 0.251 e. The van der Waals surface area contributed by atoms with Gasteiger partial charge in [-0.1, -0.05) is 0 Å². The van der Waals surface area contributed by atoms with Crippen LogP contribution in [0.15, 0.2) is 18.2 Å². The maximum absolute atomic E-state index is 11.3. The lowest BCUT2D eigenvalue weighted by Crippen LogP contribution is -2.18. The summed E-state index contributed by atoms with van der Waals surface area (Å²) in [5, 5.41) is 11.9. The second-order valence-electron chi connectivity index (χ2n) is 3.46. The molecule has 0 atom stereocenters. The predicted molar refractivity (Wildman–Crippen MR) is 57.3 cm³/mol. The highest BCUT2D eigenvalue weighted by Gasteiger charge is 2.08. The van der Waals surface area contributed by atoms with Gasteiger partial charge in [0, 0.05) is 18.7 Å². The van der Waals surface area contributed by atoms with E-state index in [2.05, 4.69) is 5.32 Å². The Balaban J connectivity index is 2.99. The van der Waals surface area contributed by atoms with Gasteiger partial charge in [0.15, 0.2) is 0 Å². The van der Waals surface area contributed by atoms with E-state index in [0.717, 1.165) is 0 Å². The van der Waals surface area contributed by atoms with Crippen molar-refractivity contribution in [3.8, 4) is 11.5 Å². The SMILES string of the molecule is CNC(=O)c1cc(O)cc(OC(C)C)c1. The van der Waals surface area contributed by atoms with Gasteiger partial charge < -0.3 is 15.2 Å². The first kappa shape index (κ1) is 11.4. The van der Waals surface area contributed by atoms with Gasteiger partial charge in [-0.05, 0) is 26.0 Å². The molecule has 0 saturated heterocycles. The van der Waals surface area contributed by atoms with Crippen molar-refractivity contribution in [1.82, 2.24) is 5.32 Å². The van der Waals surface area contributed by atoms with Crippen LogP contribution in [0.4, 0.5) is 0 Å². The number of phenols is 1. The summed E-state index contributed by atoms with van der Waals surface area (Å²) >= 11 is 0.